The Morgan fingerprint density at radius 2 is 2.05 bits per heavy atom. The molecule has 0 aliphatic carbocycles. The third-order valence-electron chi connectivity index (χ3n) is 2.06. The molecule has 1 aromatic carbocycles. The van der Waals surface area contributed by atoms with Gasteiger partial charge >= 0.3 is 5.97 Å². The third-order valence-corrected chi connectivity index (χ3v) is 2.06. The van der Waals surface area contributed by atoms with E-state index in [0.29, 0.717) is 0 Å². The average Bonchev–Trinajstić information content (AvgIpc) is 2.34. The number of nitrogens with zero attached hydrogens (tertiary/aromatic N) is 1. The van der Waals surface area contributed by atoms with Gasteiger partial charge in [-0.15, -0.1) is 0 Å². The molecule has 0 unspecified atom stereocenters. The van der Waals surface area contributed by atoms with Crippen molar-refractivity contribution in [2.45, 2.75) is 33.0 Å². The van der Waals surface area contributed by atoms with E-state index in [1.807, 2.05) is 0 Å². The summed E-state index contributed by atoms with van der Waals surface area (Å²) in [6.07, 6.45) is 0. The van der Waals surface area contributed by atoms with E-state index in [1.54, 1.807) is 20.8 Å². The van der Waals surface area contributed by atoms with Crippen LogP contribution in [0.15, 0.2) is 18.2 Å². The number of nitro groups is 1. The summed E-state index contributed by atoms with van der Waals surface area (Å²) in [5.74, 6) is -0.831. The molecule has 0 aliphatic rings. The first-order valence-electron chi connectivity index (χ1n) is 5.53. The molecular weight excluding hydrogens is 254 g/mol. The molecule has 0 atom stereocenters. The summed E-state index contributed by atoms with van der Waals surface area (Å²) in [5.41, 5.74) is -0.911. The number of carbonyl (C=O) groups excluding carboxylic acids is 1. The van der Waals surface area contributed by atoms with Crippen molar-refractivity contribution in [2.24, 2.45) is 0 Å². The van der Waals surface area contributed by atoms with Crippen molar-refractivity contribution >= 4 is 11.7 Å². The Kier molecular flexibility index (Phi) is 4.57. The first kappa shape index (κ1) is 15.1. The molecule has 1 N–H and O–H groups in total. The number of aliphatic hydroxyl groups is 1. The lowest BCUT2D eigenvalue weighted by molar-refractivity contribution is -0.385. The van der Waals surface area contributed by atoms with Crippen LogP contribution in [0.4, 0.5) is 5.69 Å². The van der Waals surface area contributed by atoms with Crippen LogP contribution in [0.5, 0.6) is 0 Å². The molecule has 0 bridgehead atoms. The molecule has 7 heteroatoms. The normalized spacial score (nSPS) is 11.2. The second kappa shape index (κ2) is 5.77. The van der Waals surface area contributed by atoms with E-state index in [4.69, 9.17) is 9.99 Å². The van der Waals surface area contributed by atoms with Gasteiger partial charge in [-0.05, 0) is 32.9 Å². The number of carbonyl (C=O) groups is 1. The van der Waals surface area contributed by atoms with Crippen molar-refractivity contribution in [1.29, 1.82) is 0 Å². The molecule has 0 saturated heterocycles. The molecule has 0 amide bonds. The van der Waals surface area contributed by atoms with Crippen LogP contribution in [0.1, 0.15) is 36.7 Å². The van der Waals surface area contributed by atoms with Gasteiger partial charge in [-0.25, -0.2) is 4.79 Å². The van der Waals surface area contributed by atoms with Crippen LogP contribution in [0.3, 0.4) is 0 Å². The smallest absolute Gasteiger partial charge is 0.373 e. The fourth-order valence-electron chi connectivity index (χ4n) is 1.21. The quantitative estimate of drug-likeness (QED) is 0.509. The fraction of sp³-hybridized carbons (Fsp3) is 0.417. The zero-order valence-corrected chi connectivity index (χ0v) is 10.9. The van der Waals surface area contributed by atoms with Gasteiger partial charge in [0.05, 0.1) is 22.7 Å². The van der Waals surface area contributed by atoms with Crippen LogP contribution in [-0.2, 0) is 16.4 Å². The summed E-state index contributed by atoms with van der Waals surface area (Å²) in [4.78, 5) is 31.2. The highest BCUT2D eigenvalue weighted by molar-refractivity contribution is 5.89. The topological polar surface area (TPSA) is 98.9 Å². The molecule has 19 heavy (non-hydrogen) atoms. The van der Waals surface area contributed by atoms with Crippen LogP contribution < -0.4 is 0 Å². The number of benzene rings is 1. The number of hydrogen-bond donors (Lipinski definition) is 1. The molecule has 0 radical (unpaired) electrons. The van der Waals surface area contributed by atoms with Crippen molar-refractivity contribution in [3.8, 4) is 0 Å². The van der Waals surface area contributed by atoms with Gasteiger partial charge in [-0.2, -0.15) is 4.89 Å². The summed E-state index contributed by atoms with van der Waals surface area (Å²) < 4.78 is 0. The van der Waals surface area contributed by atoms with Gasteiger partial charge in [0.1, 0.15) is 5.60 Å². The molecule has 0 fully saturated rings. The second-order valence-electron chi connectivity index (χ2n) is 4.83. The van der Waals surface area contributed by atoms with Gasteiger partial charge in [0, 0.05) is 6.07 Å². The van der Waals surface area contributed by atoms with E-state index in [1.165, 1.54) is 12.1 Å². The summed E-state index contributed by atoms with van der Waals surface area (Å²) in [7, 11) is 0. The van der Waals surface area contributed by atoms with Crippen LogP contribution >= 0.6 is 0 Å². The van der Waals surface area contributed by atoms with Crippen molar-refractivity contribution in [3.05, 3.63) is 39.4 Å². The largest absolute Gasteiger partial charge is 0.391 e. The van der Waals surface area contributed by atoms with Crippen molar-refractivity contribution in [3.63, 3.8) is 0 Å². The Balaban J connectivity index is 2.93. The number of hydrogen-bond acceptors (Lipinski definition) is 6. The van der Waals surface area contributed by atoms with E-state index in [0.717, 1.165) is 6.07 Å². The first-order valence-corrected chi connectivity index (χ1v) is 5.53. The standard InChI is InChI=1S/C12H15NO6/c1-12(2,3)19-18-11(15)8-4-5-9(7-14)10(6-8)13(16)17/h4-6,14H,7H2,1-3H3. The monoisotopic (exact) mass is 269 g/mol. The predicted molar refractivity (Wildman–Crippen MR) is 65.3 cm³/mol. The second-order valence-corrected chi connectivity index (χ2v) is 4.83. The first-order chi connectivity index (χ1) is 8.74. The summed E-state index contributed by atoms with van der Waals surface area (Å²) >= 11 is 0. The molecule has 0 spiro atoms. The summed E-state index contributed by atoms with van der Waals surface area (Å²) in [5, 5.41) is 19.7. The van der Waals surface area contributed by atoms with E-state index in [2.05, 4.69) is 4.89 Å². The zero-order chi connectivity index (χ0) is 14.6. The van der Waals surface area contributed by atoms with Crippen molar-refractivity contribution in [2.75, 3.05) is 0 Å². The number of rotatable bonds is 4. The van der Waals surface area contributed by atoms with Crippen LogP contribution in [0.25, 0.3) is 0 Å². The van der Waals surface area contributed by atoms with Gasteiger partial charge in [-0.3, -0.25) is 15.0 Å². The highest BCUT2D eigenvalue weighted by atomic mass is 17.2. The third kappa shape index (κ3) is 4.31. The average molecular weight is 269 g/mol. The van der Waals surface area contributed by atoms with Crippen molar-refractivity contribution in [1.82, 2.24) is 0 Å². The van der Waals surface area contributed by atoms with Crippen molar-refractivity contribution < 1.29 is 24.6 Å². The van der Waals surface area contributed by atoms with Gasteiger partial charge < -0.3 is 5.11 Å². The lowest BCUT2D eigenvalue weighted by Gasteiger charge is -2.16. The highest BCUT2D eigenvalue weighted by Crippen LogP contribution is 2.21. The van der Waals surface area contributed by atoms with E-state index >= 15 is 0 Å². The fourth-order valence-corrected chi connectivity index (χ4v) is 1.21. The molecule has 0 saturated carbocycles. The SMILES string of the molecule is CC(C)(C)OOC(=O)c1ccc(CO)c([N+](=O)[O-])c1. The number of aliphatic hydroxyl groups excluding tert-OH is 1. The molecule has 0 heterocycles. The Morgan fingerprint density at radius 1 is 1.42 bits per heavy atom. The van der Waals surface area contributed by atoms with E-state index in [-0.39, 0.29) is 16.8 Å². The minimum absolute atomic E-state index is 0.0202. The summed E-state index contributed by atoms with van der Waals surface area (Å²) in [6.45, 7) is 4.59. The van der Waals surface area contributed by atoms with Crippen LogP contribution in [0, 0.1) is 10.1 Å². The Hall–Kier alpha value is -1.99. The minimum Gasteiger partial charge on any atom is -0.391 e. The van der Waals surface area contributed by atoms with Gasteiger partial charge in [0.25, 0.3) is 5.69 Å². The maximum absolute atomic E-state index is 11.6. The molecule has 7 nitrogen and oxygen atoms in total. The Morgan fingerprint density at radius 3 is 2.53 bits per heavy atom. The number of nitro benzene ring substituents is 1. The molecule has 1 rings (SSSR count). The molecule has 0 aromatic heterocycles. The highest BCUT2D eigenvalue weighted by Gasteiger charge is 2.20. The van der Waals surface area contributed by atoms with Crippen LogP contribution in [0.2, 0.25) is 0 Å². The molecule has 104 valence electrons. The maximum Gasteiger partial charge on any atom is 0.373 e. The minimum atomic E-state index is -0.831. The Labute approximate surface area is 109 Å². The zero-order valence-electron chi connectivity index (χ0n) is 10.9. The predicted octanol–water partition coefficient (Wildman–Crippen LogP) is 1.97. The van der Waals surface area contributed by atoms with Gasteiger partial charge in [0.15, 0.2) is 0 Å². The van der Waals surface area contributed by atoms with Gasteiger partial charge in [0.2, 0.25) is 0 Å². The summed E-state index contributed by atoms with van der Waals surface area (Å²) in [6, 6.07) is 3.67. The lowest BCUT2D eigenvalue weighted by atomic mass is 10.1. The molecular formula is C12H15NO6. The van der Waals surface area contributed by atoms with E-state index < -0.39 is 23.1 Å². The molecule has 0 aliphatic heterocycles. The Bertz CT molecular complexity index is 491. The molecule has 1 aromatic rings. The van der Waals surface area contributed by atoms with E-state index in [9.17, 15) is 14.9 Å². The van der Waals surface area contributed by atoms with Crippen LogP contribution in [-0.4, -0.2) is 21.6 Å². The maximum atomic E-state index is 11.6. The van der Waals surface area contributed by atoms with Gasteiger partial charge in [-0.1, -0.05) is 0 Å². The lowest BCUT2D eigenvalue weighted by Crippen LogP contribution is -2.22.